The van der Waals surface area contributed by atoms with Crippen LogP contribution in [0.1, 0.15) is 12.0 Å². The number of rotatable bonds is 6. The van der Waals surface area contributed by atoms with Gasteiger partial charge in [-0.15, -0.1) is 0 Å². The molecule has 3 rings (SSSR count). The molecule has 1 aromatic rings. The molecular formula is C16H19NO7. The van der Waals surface area contributed by atoms with Crippen molar-refractivity contribution in [1.82, 2.24) is 5.32 Å². The Morgan fingerprint density at radius 1 is 1.25 bits per heavy atom. The first-order valence-electron chi connectivity index (χ1n) is 7.74. The summed E-state index contributed by atoms with van der Waals surface area (Å²) in [5.74, 6) is 0. The molecule has 8 nitrogen and oxygen atoms in total. The van der Waals surface area contributed by atoms with Crippen LogP contribution in [0.5, 0.6) is 0 Å². The average molecular weight is 337 g/mol. The molecule has 4 atom stereocenters. The van der Waals surface area contributed by atoms with Gasteiger partial charge in [0.2, 0.25) is 0 Å². The molecule has 1 saturated carbocycles. The summed E-state index contributed by atoms with van der Waals surface area (Å²) in [6.45, 7) is 0.130. The summed E-state index contributed by atoms with van der Waals surface area (Å²) in [5.41, 5.74) is 0.872. The van der Waals surface area contributed by atoms with Gasteiger partial charge in [-0.2, -0.15) is 0 Å². The second kappa shape index (κ2) is 7.50. The van der Waals surface area contributed by atoms with Crippen LogP contribution in [-0.4, -0.2) is 54.9 Å². The predicted octanol–water partition coefficient (Wildman–Crippen LogP) is 0.967. The molecule has 1 amide bonds. The normalized spacial score (nSPS) is 28.0. The lowest BCUT2D eigenvalue weighted by Crippen LogP contribution is -2.42. The molecule has 2 fully saturated rings. The maximum atomic E-state index is 12.0. The molecule has 0 radical (unpaired) electrons. The molecule has 0 bridgehead atoms. The average Bonchev–Trinajstić information content (AvgIpc) is 3.11. The molecule has 0 aromatic heterocycles. The van der Waals surface area contributed by atoms with Gasteiger partial charge in [0.25, 0.3) is 0 Å². The van der Waals surface area contributed by atoms with Gasteiger partial charge in [0.05, 0.1) is 19.3 Å². The van der Waals surface area contributed by atoms with Crippen molar-refractivity contribution in [2.75, 3.05) is 13.2 Å². The quantitative estimate of drug-likeness (QED) is 0.745. The van der Waals surface area contributed by atoms with Crippen molar-refractivity contribution in [3.05, 3.63) is 35.9 Å². The fraction of sp³-hybridized carbons (Fsp3) is 0.500. The third-order valence-corrected chi connectivity index (χ3v) is 3.98. The Morgan fingerprint density at radius 2 is 2.00 bits per heavy atom. The number of benzene rings is 1. The smallest absolute Gasteiger partial charge is 0.445 e. The fourth-order valence-corrected chi connectivity index (χ4v) is 2.93. The molecule has 1 saturated heterocycles. The number of carbonyl (C=O) groups is 2. The monoisotopic (exact) mass is 337 g/mol. The van der Waals surface area contributed by atoms with Crippen molar-refractivity contribution >= 4 is 12.2 Å². The predicted molar refractivity (Wildman–Crippen MR) is 80.1 cm³/mol. The number of hydrogen-bond acceptors (Lipinski definition) is 7. The molecule has 0 unspecified atom stereocenters. The van der Waals surface area contributed by atoms with Gasteiger partial charge in [0.15, 0.2) is 12.2 Å². The first-order chi connectivity index (χ1) is 11.7. The maximum absolute atomic E-state index is 12.0. The number of fused-ring (bicyclic) bond motifs is 1. The number of hydrogen-bond donors (Lipinski definition) is 2. The summed E-state index contributed by atoms with van der Waals surface area (Å²) in [4.78, 5) is 23.3. The lowest BCUT2D eigenvalue weighted by Gasteiger charge is -2.16. The zero-order valence-corrected chi connectivity index (χ0v) is 12.9. The van der Waals surface area contributed by atoms with E-state index in [1.165, 1.54) is 0 Å². The van der Waals surface area contributed by atoms with Gasteiger partial charge < -0.3 is 29.4 Å². The molecule has 0 spiro atoms. The largest absolute Gasteiger partial charge is 0.509 e. The highest BCUT2D eigenvalue weighted by Crippen LogP contribution is 2.33. The molecule has 8 heteroatoms. The molecule has 2 aliphatic rings. The Kier molecular flexibility index (Phi) is 5.17. The van der Waals surface area contributed by atoms with Crippen LogP contribution < -0.4 is 5.32 Å². The van der Waals surface area contributed by atoms with Gasteiger partial charge in [0, 0.05) is 6.42 Å². The third-order valence-electron chi connectivity index (χ3n) is 3.98. The summed E-state index contributed by atoms with van der Waals surface area (Å²) in [7, 11) is 0. The third kappa shape index (κ3) is 3.77. The lowest BCUT2D eigenvalue weighted by atomic mass is 10.2. The second-order valence-electron chi connectivity index (χ2n) is 5.60. The van der Waals surface area contributed by atoms with Crippen LogP contribution in [0.2, 0.25) is 0 Å². The number of ether oxygens (including phenoxy) is 4. The minimum Gasteiger partial charge on any atom is -0.445 e. The summed E-state index contributed by atoms with van der Waals surface area (Å²) >= 11 is 0. The molecule has 1 aliphatic heterocycles. The van der Waals surface area contributed by atoms with Crippen LogP contribution >= 0.6 is 0 Å². The molecule has 130 valence electrons. The van der Waals surface area contributed by atoms with E-state index in [0.29, 0.717) is 6.42 Å². The SMILES string of the molecule is O=C(N[C@@H]1C[C@H](OCCO)[C@H]2OC(=O)O[C@H]21)OCc1ccccc1. The second-order valence-corrected chi connectivity index (χ2v) is 5.60. The van der Waals surface area contributed by atoms with E-state index in [9.17, 15) is 9.59 Å². The van der Waals surface area contributed by atoms with Crippen molar-refractivity contribution in [2.24, 2.45) is 0 Å². The van der Waals surface area contributed by atoms with Crippen molar-refractivity contribution < 1.29 is 33.6 Å². The van der Waals surface area contributed by atoms with E-state index in [1.54, 1.807) is 0 Å². The van der Waals surface area contributed by atoms with Crippen molar-refractivity contribution in [2.45, 2.75) is 37.4 Å². The fourth-order valence-electron chi connectivity index (χ4n) is 2.93. The molecule has 1 heterocycles. The van der Waals surface area contributed by atoms with Crippen LogP contribution in [0.15, 0.2) is 30.3 Å². The van der Waals surface area contributed by atoms with Crippen molar-refractivity contribution in [1.29, 1.82) is 0 Å². The lowest BCUT2D eigenvalue weighted by molar-refractivity contribution is -0.0273. The van der Waals surface area contributed by atoms with Gasteiger partial charge in [-0.25, -0.2) is 9.59 Å². The van der Waals surface area contributed by atoms with Crippen molar-refractivity contribution in [3.8, 4) is 0 Å². The first-order valence-corrected chi connectivity index (χ1v) is 7.74. The maximum Gasteiger partial charge on any atom is 0.509 e. The van der Waals surface area contributed by atoms with Gasteiger partial charge in [-0.05, 0) is 5.56 Å². The Labute approximate surface area is 138 Å². The van der Waals surface area contributed by atoms with Crippen LogP contribution in [-0.2, 0) is 25.6 Å². The van der Waals surface area contributed by atoms with E-state index in [2.05, 4.69) is 5.32 Å². The highest BCUT2D eigenvalue weighted by atomic mass is 16.8. The van der Waals surface area contributed by atoms with Crippen LogP contribution in [0.4, 0.5) is 9.59 Å². The van der Waals surface area contributed by atoms with E-state index < -0.39 is 36.6 Å². The summed E-state index contributed by atoms with van der Waals surface area (Å²) in [6.07, 6.45) is -2.63. The Balaban J connectivity index is 1.53. The molecule has 1 aromatic carbocycles. The van der Waals surface area contributed by atoms with Crippen molar-refractivity contribution in [3.63, 3.8) is 0 Å². The van der Waals surface area contributed by atoms with E-state index in [0.717, 1.165) is 5.56 Å². The van der Waals surface area contributed by atoms with Gasteiger partial charge >= 0.3 is 12.2 Å². The minimum absolute atomic E-state index is 0.122. The molecular weight excluding hydrogens is 318 g/mol. The zero-order chi connectivity index (χ0) is 16.9. The number of nitrogens with one attached hydrogen (secondary N) is 1. The van der Waals surface area contributed by atoms with E-state index >= 15 is 0 Å². The number of alkyl carbamates (subject to hydrolysis) is 1. The van der Waals surface area contributed by atoms with Gasteiger partial charge in [-0.1, -0.05) is 30.3 Å². The Hall–Kier alpha value is -2.32. The summed E-state index contributed by atoms with van der Waals surface area (Å²) in [6, 6.07) is 8.83. The zero-order valence-electron chi connectivity index (χ0n) is 12.9. The number of amides is 1. The van der Waals surface area contributed by atoms with Crippen LogP contribution in [0.3, 0.4) is 0 Å². The topological polar surface area (TPSA) is 103 Å². The summed E-state index contributed by atoms with van der Waals surface area (Å²) < 4.78 is 20.8. The molecule has 24 heavy (non-hydrogen) atoms. The standard InChI is InChI=1S/C16H19NO7/c18-6-7-21-12-8-11(13-14(12)24-16(20)23-13)17-15(19)22-9-10-4-2-1-3-5-10/h1-5,11-14,18H,6-9H2,(H,17,19)/t11-,12+,13+,14-/m1/s1. The van der Waals surface area contributed by atoms with Gasteiger partial charge in [0.1, 0.15) is 12.7 Å². The molecule has 1 aliphatic carbocycles. The van der Waals surface area contributed by atoms with E-state index in [1.807, 2.05) is 30.3 Å². The van der Waals surface area contributed by atoms with Crippen LogP contribution in [0, 0.1) is 0 Å². The highest BCUT2D eigenvalue weighted by molar-refractivity contribution is 5.68. The number of aliphatic hydroxyl groups is 1. The van der Waals surface area contributed by atoms with E-state index in [4.69, 9.17) is 24.1 Å². The van der Waals surface area contributed by atoms with Gasteiger partial charge in [-0.3, -0.25) is 0 Å². The number of aliphatic hydroxyl groups excluding tert-OH is 1. The van der Waals surface area contributed by atoms with E-state index in [-0.39, 0.29) is 19.8 Å². The minimum atomic E-state index is -0.785. The molecule has 2 N–H and O–H groups in total. The highest BCUT2D eigenvalue weighted by Gasteiger charge is 2.54. The number of carbonyl (C=O) groups excluding carboxylic acids is 2. The van der Waals surface area contributed by atoms with Crippen LogP contribution in [0.25, 0.3) is 0 Å². The Bertz CT molecular complexity index is 579. The first kappa shape index (κ1) is 16.5. The summed E-state index contributed by atoms with van der Waals surface area (Å²) in [5, 5.41) is 11.5. The Morgan fingerprint density at radius 3 is 2.75 bits per heavy atom.